The number of carbonyl (C=O) groups excluding carboxylic acids is 2. The van der Waals surface area contributed by atoms with Crippen LogP contribution in [0.15, 0.2) is 77.2 Å². The number of rotatable bonds is 7. The van der Waals surface area contributed by atoms with Crippen LogP contribution in [0, 0.1) is 6.92 Å². The Morgan fingerprint density at radius 3 is 2.35 bits per heavy atom. The quantitative estimate of drug-likeness (QED) is 0.360. The number of amides is 1. The van der Waals surface area contributed by atoms with Crippen molar-refractivity contribution < 1.29 is 18.7 Å². The molecule has 1 atom stereocenters. The molecule has 4 rings (SSSR count). The van der Waals surface area contributed by atoms with Crippen LogP contribution in [0.5, 0.6) is 0 Å². The van der Waals surface area contributed by atoms with E-state index in [9.17, 15) is 9.59 Å². The lowest BCUT2D eigenvalue weighted by atomic mass is 10.0. The predicted octanol–water partition coefficient (Wildman–Crippen LogP) is 5.40. The minimum Gasteiger partial charge on any atom is -0.469 e. The van der Waals surface area contributed by atoms with E-state index in [1.54, 1.807) is 48.5 Å². The van der Waals surface area contributed by atoms with Gasteiger partial charge in [0.1, 0.15) is 0 Å². The molecule has 1 unspecified atom stereocenters. The second-order valence-electron chi connectivity index (χ2n) is 7.69. The number of methoxy groups -OCH3 is 1. The van der Waals surface area contributed by atoms with Crippen LogP contribution in [0.4, 0.5) is 0 Å². The molecule has 0 saturated heterocycles. The lowest BCUT2D eigenvalue weighted by Crippen LogP contribution is -2.30. The molecule has 0 aliphatic carbocycles. The van der Waals surface area contributed by atoms with E-state index in [-0.39, 0.29) is 12.3 Å². The molecule has 8 heteroatoms. The van der Waals surface area contributed by atoms with E-state index in [0.717, 1.165) is 11.1 Å². The SMILES string of the molecule is COC(=O)CC(NC(=O)c1ccc(-c2nnc(-c3cccc(C)c3)o2)cc1)c1ccccc1Cl. The van der Waals surface area contributed by atoms with E-state index >= 15 is 0 Å². The van der Waals surface area contributed by atoms with Crippen LogP contribution in [0.1, 0.15) is 33.9 Å². The van der Waals surface area contributed by atoms with Gasteiger partial charge in [0.05, 0.1) is 19.6 Å². The number of hydrogen-bond acceptors (Lipinski definition) is 6. The second-order valence-corrected chi connectivity index (χ2v) is 8.09. The zero-order chi connectivity index (χ0) is 24.1. The van der Waals surface area contributed by atoms with Crippen LogP contribution in [0.2, 0.25) is 5.02 Å². The van der Waals surface area contributed by atoms with E-state index < -0.39 is 12.0 Å². The summed E-state index contributed by atoms with van der Waals surface area (Å²) in [5.41, 5.74) is 3.65. The molecular formula is C26H22ClN3O4. The van der Waals surface area contributed by atoms with Crippen molar-refractivity contribution in [3.8, 4) is 22.9 Å². The fourth-order valence-corrected chi connectivity index (χ4v) is 3.75. The van der Waals surface area contributed by atoms with Crippen molar-refractivity contribution in [1.29, 1.82) is 0 Å². The van der Waals surface area contributed by atoms with E-state index in [4.69, 9.17) is 20.8 Å². The first-order chi connectivity index (χ1) is 16.4. The van der Waals surface area contributed by atoms with E-state index in [0.29, 0.717) is 33.5 Å². The highest BCUT2D eigenvalue weighted by atomic mass is 35.5. The van der Waals surface area contributed by atoms with E-state index in [2.05, 4.69) is 15.5 Å². The molecular weight excluding hydrogens is 454 g/mol. The summed E-state index contributed by atoms with van der Waals surface area (Å²) in [6.45, 7) is 1.99. The van der Waals surface area contributed by atoms with Gasteiger partial charge in [-0.15, -0.1) is 10.2 Å². The van der Waals surface area contributed by atoms with Crippen molar-refractivity contribution in [1.82, 2.24) is 15.5 Å². The molecule has 0 aliphatic heterocycles. The second kappa shape index (κ2) is 10.3. The van der Waals surface area contributed by atoms with Gasteiger partial charge in [0.2, 0.25) is 11.8 Å². The van der Waals surface area contributed by atoms with Crippen molar-refractivity contribution in [3.63, 3.8) is 0 Å². The van der Waals surface area contributed by atoms with Crippen molar-refractivity contribution in [3.05, 3.63) is 94.5 Å². The Kier molecular flexibility index (Phi) is 7.04. The Morgan fingerprint density at radius 1 is 0.971 bits per heavy atom. The van der Waals surface area contributed by atoms with E-state index in [1.165, 1.54) is 7.11 Å². The molecule has 1 aromatic heterocycles. The molecule has 0 fully saturated rings. The number of hydrogen-bond donors (Lipinski definition) is 1. The number of nitrogens with zero attached hydrogens (tertiary/aromatic N) is 2. The zero-order valence-electron chi connectivity index (χ0n) is 18.6. The summed E-state index contributed by atoms with van der Waals surface area (Å²) in [6, 6.07) is 21.0. The first-order valence-corrected chi connectivity index (χ1v) is 11.0. The topological polar surface area (TPSA) is 94.3 Å². The highest BCUT2D eigenvalue weighted by molar-refractivity contribution is 6.31. The highest BCUT2D eigenvalue weighted by Gasteiger charge is 2.22. The molecule has 3 aromatic carbocycles. The van der Waals surface area contributed by atoms with Gasteiger partial charge in [0.15, 0.2) is 0 Å². The van der Waals surface area contributed by atoms with Crippen LogP contribution in [-0.4, -0.2) is 29.2 Å². The average molecular weight is 476 g/mol. The van der Waals surface area contributed by atoms with Crippen LogP contribution < -0.4 is 5.32 Å². The molecule has 0 spiro atoms. The summed E-state index contributed by atoms with van der Waals surface area (Å²) in [5.74, 6) is -0.0401. The third-order valence-electron chi connectivity index (χ3n) is 5.27. The number of esters is 1. The number of aromatic nitrogens is 2. The van der Waals surface area contributed by atoms with Gasteiger partial charge in [0, 0.05) is 21.7 Å². The Bertz CT molecular complexity index is 1320. The summed E-state index contributed by atoms with van der Waals surface area (Å²) >= 11 is 6.29. The Morgan fingerprint density at radius 2 is 1.68 bits per heavy atom. The Labute approximate surface area is 201 Å². The monoisotopic (exact) mass is 475 g/mol. The highest BCUT2D eigenvalue weighted by Crippen LogP contribution is 2.27. The van der Waals surface area contributed by atoms with Crippen molar-refractivity contribution in [2.75, 3.05) is 7.11 Å². The maximum absolute atomic E-state index is 12.9. The van der Waals surface area contributed by atoms with Gasteiger partial charge >= 0.3 is 5.97 Å². The van der Waals surface area contributed by atoms with Crippen molar-refractivity contribution in [2.24, 2.45) is 0 Å². The fraction of sp³-hybridized carbons (Fsp3) is 0.154. The average Bonchev–Trinajstić information content (AvgIpc) is 3.34. The molecule has 0 radical (unpaired) electrons. The minimum atomic E-state index is -0.638. The lowest BCUT2D eigenvalue weighted by molar-refractivity contribution is -0.141. The van der Waals surface area contributed by atoms with Crippen molar-refractivity contribution >= 4 is 23.5 Å². The molecule has 7 nitrogen and oxygen atoms in total. The maximum atomic E-state index is 12.9. The standard InChI is InChI=1S/C26H22ClN3O4/c1-16-6-5-7-19(14-16)26-30-29-25(34-26)18-12-10-17(11-13-18)24(32)28-22(15-23(31)33-2)20-8-3-4-9-21(20)27/h3-14,22H,15H2,1-2H3,(H,28,32). The molecule has 1 N–H and O–H groups in total. The number of halogens is 1. The number of carbonyl (C=O) groups is 2. The van der Waals surface area contributed by atoms with Crippen LogP contribution in [0.25, 0.3) is 22.9 Å². The molecule has 1 amide bonds. The number of nitrogens with one attached hydrogen (secondary N) is 1. The van der Waals surface area contributed by atoms with Gasteiger partial charge in [-0.3, -0.25) is 9.59 Å². The number of ether oxygens (including phenoxy) is 1. The van der Waals surface area contributed by atoms with E-state index in [1.807, 2.05) is 31.2 Å². The zero-order valence-corrected chi connectivity index (χ0v) is 19.4. The Hall–Kier alpha value is -3.97. The van der Waals surface area contributed by atoms with Crippen LogP contribution in [-0.2, 0) is 9.53 Å². The van der Waals surface area contributed by atoms with Crippen molar-refractivity contribution in [2.45, 2.75) is 19.4 Å². The fourth-order valence-electron chi connectivity index (χ4n) is 3.49. The normalized spacial score (nSPS) is 11.6. The maximum Gasteiger partial charge on any atom is 0.307 e. The number of benzene rings is 3. The summed E-state index contributed by atoms with van der Waals surface area (Å²) in [6.07, 6.45) is -0.0478. The van der Waals surface area contributed by atoms with Crippen LogP contribution in [0.3, 0.4) is 0 Å². The summed E-state index contributed by atoms with van der Waals surface area (Å²) in [5, 5.41) is 11.6. The summed E-state index contributed by atoms with van der Waals surface area (Å²) in [7, 11) is 1.30. The van der Waals surface area contributed by atoms with Gasteiger partial charge in [-0.25, -0.2) is 0 Å². The molecule has 0 saturated carbocycles. The molecule has 1 heterocycles. The summed E-state index contributed by atoms with van der Waals surface area (Å²) in [4.78, 5) is 24.8. The first kappa shape index (κ1) is 23.2. The van der Waals surface area contributed by atoms with Gasteiger partial charge in [-0.2, -0.15) is 0 Å². The third kappa shape index (κ3) is 5.32. The summed E-state index contributed by atoms with van der Waals surface area (Å²) < 4.78 is 10.6. The Balaban J connectivity index is 1.51. The molecule has 34 heavy (non-hydrogen) atoms. The van der Waals surface area contributed by atoms with Gasteiger partial charge in [-0.05, 0) is 55.0 Å². The molecule has 172 valence electrons. The largest absolute Gasteiger partial charge is 0.469 e. The number of aryl methyl sites for hydroxylation is 1. The smallest absolute Gasteiger partial charge is 0.307 e. The van der Waals surface area contributed by atoms with Gasteiger partial charge < -0.3 is 14.5 Å². The first-order valence-electron chi connectivity index (χ1n) is 10.6. The van der Waals surface area contributed by atoms with Gasteiger partial charge in [0.25, 0.3) is 5.91 Å². The molecule has 0 aliphatic rings. The molecule has 0 bridgehead atoms. The molecule has 4 aromatic rings. The third-order valence-corrected chi connectivity index (χ3v) is 5.61. The minimum absolute atomic E-state index is 0.0478. The van der Waals surface area contributed by atoms with Crippen LogP contribution >= 0.6 is 11.6 Å². The van der Waals surface area contributed by atoms with Gasteiger partial charge in [-0.1, -0.05) is 47.5 Å². The predicted molar refractivity (Wildman–Crippen MR) is 128 cm³/mol. The lowest BCUT2D eigenvalue weighted by Gasteiger charge is -2.19.